The smallest absolute Gasteiger partial charge is 0.184 e. The third kappa shape index (κ3) is 3.84. The highest BCUT2D eigenvalue weighted by Gasteiger charge is 2.29. The molecule has 4 rings (SSSR count). The number of rotatable bonds is 5. The molecule has 2 unspecified atom stereocenters. The van der Waals surface area contributed by atoms with Gasteiger partial charge in [-0.1, -0.05) is 53.8 Å². The molecule has 4 nitrogen and oxygen atoms in total. The Morgan fingerprint density at radius 3 is 2.72 bits per heavy atom. The summed E-state index contributed by atoms with van der Waals surface area (Å²) in [7, 11) is 0. The van der Waals surface area contributed by atoms with E-state index in [0.29, 0.717) is 0 Å². The minimum atomic E-state index is 0.224. The summed E-state index contributed by atoms with van der Waals surface area (Å²) in [4.78, 5) is 7.16. The number of aliphatic hydroxyl groups is 1. The van der Waals surface area contributed by atoms with Gasteiger partial charge in [-0.25, -0.2) is 4.98 Å². The fourth-order valence-electron chi connectivity index (χ4n) is 3.53. The van der Waals surface area contributed by atoms with Crippen LogP contribution < -0.4 is 5.32 Å². The van der Waals surface area contributed by atoms with E-state index in [4.69, 9.17) is 4.98 Å². The number of nitrogens with zero attached hydrogens (tertiary/aromatic N) is 2. The van der Waals surface area contributed by atoms with Gasteiger partial charge in [0.1, 0.15) is 0 Å². The predicted octanol–water partition coefficient (Wildman–Crippen LogP) is 3.59. The molecule has 25 heavy (non-hydrogen) atoms. The Labute approximate surface area is 152 Å². The zero-order chi connectivity index (χ0) is 17.1. The van der Waals surface area contributed by atoms with Gasteiger partial charge in [0, 0.05) is 31.7 Å². The molecule has 0 amide bonds. The maximum Gasteiger partial charge on any atom is 0.184 e. The number of nitrogens with one attached hydrogen (secondary N) is 1. The maximum absolute atomic E-state index is 9.78. The molecule has 2 heterocycles. The first-order chi connectivity index (χ1) is 12.3. The Morgan fingerprint density at radius 2 is 1.92 bits per heavy atom. The Balaban J connectivity index is 1.47. The van der Waals surface area contributed by atoms with Gasteiger partial charge in [0.2, 0.25) is 0 Å². The molecule has 1 aliphatic rings. The molecule has 0 radical (unpaired) electrons. The lowest BCUT2D eigenvalue weighted by atomic mass is 9.92. The SMILES string of the molecule is OCC1CCN(Cc2ccccc2)CC1Nc1nc2ccccc2s1. The number of hydrogen-bond acceptors (Lipinski definition) is 5. The first-order valence-corrected chi connectivity index (χ1v) is 9.63. The van der Waals surface area contributed by atoms with Crippen LogP contribution in [0.5, 0.6) is 0 Å². The van der Waals surface area contributed by atoms with E-state index < -0.39 is 0 Å². The molecule has 3 aromatic rings. The van der Waals surface area contributed by atoms with E-state index in [2.05, 4.69) is 46.6 Å². The van der Waals surface area contributed by atoms with E-state index in [1.54, 1.807) is 11.3 Å². The fraction of sp³-hybridized carbons (Fsp3) is 0.350. The van der Waals surface area contributed by atoms with Gasteiger partial charge < -0.3 is 10.4 Å². The Kier molecular flexibility index (Phi) is 4.97. The minimum absolute atomic E-state index is 0.224. The first kappa shape index (κ1) is 16.5. The number of benzene rings is 2. The second-order valence-corrected chi connectivity index (χ2v) is 7.72. The van der Waals surface area contributed by atoms with E-state index in [1.165, 1.54) is 10.3 Å². The highest BCUT2D eigenvalue weighted by atomic mass is 32.1. The van der Waals surface area contributed by atoms with Crippen LogP contribution in [-0.2, 0) is 6.54 Å². The number of para-hydroxylation sites is 1. The van der Waals surface area contributed by atoms with E-state index in [0.717, 1.165) is 36.7 Å². The van der Waals surface area contributed by atoms with Gasteiger partial charge in [-0.2, -0.15) is 0 Å². The largest absolute Gasteiger partial charge is 0.396 e. The van der Waals surface area contributed by atoms with Crippen LogP contribution in [0.2, 0.25) is 0 Å². The Hall–Kier alpha value is -1.95. The van der Waals surface area contributed by atoms with Crippen molar-refractivity contribution < 1.29 is 5.11 Å². The molecule has 0 spiro atoms. The predicted molar refractivity (Wildman–Crippen MR) is 104 cm³/mol. The van der Waals surface area contributed by atoms with Crippen molar-refractivity contribution in [1.82, 2.24) is 9.88 Å². The summed E-state index contributed by atoms with van der Waals surface area (Å²) in [5.74, 6) is 0.277. The normalized spacial score (nSPS) is 21.5. The number of anilines is 1. The van der Waals surface area contributed by atoms with Crippen molar-refractivity contribution in [3.63, 3.8) is 0 Å². The number of thiazole rings is 1. The van der Waals surface area contributed by atoms with Crippen molar-refractivity contribution in [3.8, 4) is 0 Å². The first-order valence-electron chi connectivity index (χ1n) is 8.81. The second-order valence-electron chi connectivity index (χ2n) is 6.69. The Morgan fingerprint density at radius 1 is 1.12 bits per heavy atom. The number of hydrogen-bond donors (Lipinski definition) is 2. The maximum atomic E-state index is 9.78. The van der Waals surface area contributed by atoms with Gasteiger partial charge >= 0.3 is 0 Å². The molecular formula is C20H23N3OS. The molecule has 2 N–H and O–H groups in total. The average Bonchev–Trinajstić information content (AvgIpc) is 3.05. The van der Waals surface area contributed by atoms with Gasteiger partial charge in [0.25, 0.3) is 0 Å². The van der Waals surface area contributed by atoms with E-state index in [1.807, 2.05) is 18.2 Å². The lowest BCUT2D eigenvalue weighted by Crippen LogP contribution is -2.48. The van der Waals surface area contributed by atoms with Gasteiger partial charge in [-0.15, -0.1) is 0 Å². The summed E-state index contributed by atoms with van der Waals surface area (Å²) >= 11 is 1.69. The summed E-state index contributed by atoms with van der Waals surface area (Å²) in [5.41, 5.74) is 2.37. The third-order valence-electron chi connectivity index (χ3n) is 4.93. The molecule has 2 atom stereocenters. The number of piperidine rings is 1. The summed E-state index contributed by atoms with van der Waals surface area (Å²) in [6.07, 6.45) is 1.01. The molecule has 0 aliphatic carbocycles. The van der Waals surface area contributed by atoms with Gasteiger partial charge in [-0.3, -0.25) is 4.90 Å². The Bertz CT molecular complexity index is 787. The molecule has 1 aliphatic heterocycles. The van der Waals surface area contributed by atoms with Gasteiger partial charge in [-0.05, 0) is 30.7 Å². The molecule has 5 heteroatoms. The van der Waals surface area contributed by atoms with Crippen LogP contribution >= 0.6 is 11.3 Å². The molecule has 0 saturated carbocycles. The van der Waals surface area contributed by atoms with Crippen LogP contribution in [0, 0.1) is 5.92 Å². The van der Waals surface area contributed by atoms with Crippen LogP contribution in [0.3, 0.4) is 0 Å². The van der Waals surface area contributed by atoms with Crippen molar-refractivity contribution in [3.05, 3.63) is 60.2 Å². The van der Waals surface area contributed by atoms with Crippen molar-refractivity contribution in [2.45, 2.75) is 19.0 Å². The quantitative estimate of drug-likeness (QED) is 0.736. The highest BCUT2D eigenvalue weighted by Crippen LogP contribution is 2.29. The minimum Gasteiger partial charge on any atom is -0.396 e. The molecule has 1 aromatic heterocycles. The fourth-order valence-corrected chi connectivity index (χ4v) is 4.46. The van der Waals surface area contributed by atoms with E-state index in [-0.39, 0.29) is 18.6 Å². The lowest BCUT2D eigenvalue weighted by molar-refractivity contribution is 0.115. The summed E-state index contributed by atoms with van der Waals surface area (Å²) in [6.45, 7) is 3.13. The lowest BCUT2D eigenvalue weighted by Gasteiger charge is -2.38. The monoisotopic (exact) mass is 353 g/mol. The molecule has 2 aromatic carbocycles. The van der Waals surface area contributed by atoms with Gasteiger partial charge in [0.05, 0.1) is 10.2 Å². The second kappa shape index (κ2) is 7.52. The van der Waals surface area contributed by atoms with E-state index >= 15 is 0 Å². The van der Waals surface area contributed by atoms with Crippen molar-refractivity contribution in [1.29, 1.82) is 0 Å². The van der Waals surface area contributed by atoms with E-state index in [9.17, 15) is 5.11 Å². The summed E-state index contributed by atoms with van der Waals surface area (Å²) in [6, 6.07) is 19.0. The third-order valence-corrected chi connectivity index (χ3v) is 5.89. The van der Waals surface area contributed by atoms with Crippen LogP contribution in [0.4, 0.5) is 5.13 Å². The van der Waals surface area contributed by atoms with Crippen molar-refractivity contribution >= 4 is 26.7 Å². The van der Waals surface area contributed by atoms with Crippen LogP contribution in [-0.4, -0.2) is 40.7 Å². The highest BCUT2D eigenvalue weighted by molar-refractivity contribution is 7.22. The number of aliphatic hydroxyl groups excluding tert-OH is 1. The zero-order valence-electron chi connectivity index (χ0n) is 14.1. The zero-order valence-corrected chi connectivity index (χ0v) is 15.0. The van der Waals surface area contributed by atoms with Crippen molar-refractivity contribution in [2.75, 3.05) is 25.0 Å². The number of fused-ring (bicyclic) bond motifs is 1. The van der Waals surface area contributed by atoms with Crippen LogP contribution in [0.1, 0.15) is 12.0 Å². The number of likely N-dealkylation sites (tertiary alicyclic amines) is 1. The topological polar surface area (TPSA) is 48.4 Å². The molecular weight excluding hydrogens is 330 g/mol. The summed E-state index contributed by atoms with van der Waals surface area (Å²) in [5, 5.41) is 14.3. The molecule has 1 saturated heterocycles. The average molecular weight is 353 g/mol. The summed E-state index contributed by atoms with van der Waals surface area (Å²) < 4.78 is 1.20. The van der Waals surface area contributed by atoms with Crippen LogP contribution in [0.25, 0.3) is 10.2 Å². The molecule has 130 valence electrons. The number of aromatic nitrogens is 1. The van der Waals surface area contributed by atoms with Crippen molar-refractivity contribution in [2.24, 2.45) is 5.92 Å². The standard InChI is InChI=1S/C20H23N3OS/c24-14-16-10-11-23(12-15-6-2-1-3-7-15)13-18(16)22-20-21-17-8-4-5-9-19(17)25-20/h1-9,16,18,24H,10-14H2,(H,21,22). The van der Waals surface area contributed by atoms with Gasteiger partial charge in [0.15, 0.2) is 5.13 Å². The molecule has 0 bridgehead atoms. The molecule has 1 fully saturated rings. The van der Waals surface area contributed by atoms with Crippen LogP contribution in [0.15, 0.2) is 54.6 Å².